The third-order valence-electron chi connectivity index (χ3n) is 3.42. The van der Waals surface area contributed by atoms with Gasteiger partial charge >= 0.3 is 0 Å². The molecule has 1 heteroatoms. The molecule has 1 saturated carbocycles. The predicted octanol–water partition coefficient (Wildman–Crippen LogP) is 2.97. The largest absolute Gasteiger partial charge is 0.390 e. The van der Waals surface area contributed by atoms with Crippen LogP contribution >= 0.6 is 0 Å². The fourth-order valence-corrected chi connectivity index (χ4v) is 2.28. The molecule has 1 rings (SSSR count). The van der Waals surface area contributed by atoms with Gasteiger partial charge in [-0.3, -0.25) is 0 Å². The van der Waals surface area contributed by atoms with Gasteiger partial charge in [-0.25, -0.2) is 0 Å². The molecule has 0 heterocycles. The van der Waals surface area contributed by atoms with Crippen molar-refractivity contribution >= 4 is 0 Å². The van der Waals surface area contributed by atoms with E-state index < -0.39 is 5.60 Å². The Labute approximate surface area is 76.2 Å². The monoisotopic (exact) mass is 170 g/mol. The van der Waals surface area contributed by atoms with Gasteiger partial charge in [0.05, 0.1) is 5.60 Å². The van der Waals surface area contributed by atoms with E-state index in [1.807, 2.05) is 13.8 Å². The Morgan fingerprint density at radius 1 is 1.17 bits per heavy atom. The van der Waals surface area contributed by atoms with Crippen molar-refractivity contribution in [2.45, 2.75) is 58.5 Å². The van der Waals surface area contributed by atoms with Gasteiger partial charge in [0.25, 0.3) is 0 Å². The van der Waals surface area contributed by atoms with Crippen molar-refractivity contribution in [1.82, 2.24) is 0 Å². The van der Waals surface area contributed by atoms with Crippen LogP contribution in [0.3, 0.4) is 0 Å². The topological polar surface area (TPSA) is 20.2 Å². The highest BCUT2D eigenvalue weighted by Crippen LogP contribution is 2.36. The zero-order valence-electron chi connectivity index (χ0n) is 8.64. The van der Waals surface area contributed by atoms with Crippen LogP contribution in [0.4, 0.5) is 0 Å². The van der Waals surface area contributed by atoms with Crippen LogP contribution in [0.1, 0.15) is 52.9 Å². The van der Waals surface area contributed by atoms with E-state index in [-0.39, 0.29) is 0 Å². The van der Waals surface area contributed by atoms with Crippen molar-refractivity contribution in [2.75, 3.05) is 0 Å². The summed E-state index contributed by atoms with van der Waals surface area (Å²) in [5, 5.41) is 9.80. The van der Waals surface area contributed by atoms with Gasteiger partial charge in [-0.15, -0.1) is 0 Å². The first-order valence-electron chi connectivity index (χ1n) is 5.26. The van der Waals surface area contributed by atoms with E-state index in [0.717, 1.165) is 5.92 Å². The third-order valence-corrected chi connectivity index (χ3v) is 3.42. The van der Waals surface area contributed by atoms with Crippen LogP contribution in [0.2, 0.25) is 0 Å². The Morgan fingerprint density at radius 2 is 1.67 bits per heavy atom. The lowest BCUT2D eigenvalue weighted by atomic mass is 9.74. The van der Waals surface area contributed by atoms with E-state index in [4.69, 9.17) is 0 Å². The lowest BCUT2D eigenvalue weighted by Gasteiger charge is -2.35. The molecule has 0 aliphatic heterocycles. The van der Waals surface area contributed by atoms with Crippen LogP contribution in [0.5, 0.6) is 0 Å². The first-order valence-corrected chi connectivity index (χ1v) is 5.26. The van der Waals surface area contributed by atoms with Crippen LogP contribution in [0.25, 0.3) is 0 Å². The van der Waals surface area contributed by atoms with Crippen LogP contribution in [-0.2, 0) is 0 Å². The Kier molecular flexibility index (Phi) is 3.16. The minimum absolute atomic E-state index is 0.446. The Balaban J connectivity index is 2.36. The number of hydrogen-bond donors (Lipinski definition) is 1. The Hall–Kier alpha value is -0.0400. The average Bonchev–Trinajstić information content (AvgIpc) is 2.03. The van der Waals surface area contributed by atoms with Gasteiger partial charge in [-0.05, 0) is 38.5 Å². The number of rotatable bonds is 2. The summed E-state index contributed by atoms with van der Waals surface area (Å²) in [6.07, 6.45) is 6.42. The maximum Gasteiger partial charge on any atom is 0.0619 e. The third kappa shape index (κ3) is 2.48. The molecule has 1 aliphatic rings. The highest BCUT2D eigenvalue weighted by Gasteiger charge is 2.30. The van der Waals surface area contributed by atoms with Crippen LogP contribution in [0, 0.1) is 11.8 Å². The molecule has 0 radical (unpaired) electrons. The van der Waals surface area contributed by atoms with E-state index in [9.17, 15) is 5.11 Å². The molecule has 0 bridgehead atoms. The minimum Gasteiger partial charge on any atom is -0.390 e. The summed E-state index contributed by atoms with van der Waals surface area (Å²) >= 11 is 0. The maximum absolute atomic E-state index is 9.80. The van der Waals surface area contributed by atoms with Crippen LogP contribution in [0.15, 0.2) is 0 Å². The summed E-state index contributed by atoms with van der Waals surface area (Å²) < 4.78 is 0. The molecular formula is C11H22O. The van der Waals surface area contributed by atoms with E-state index in [0.29, 0.717) is 5.92 Å². The average molecular weight is 170 g/mol. The molecule has 0 atom stereocenters. The lowest BCUT2D eigenvalue weighted by molar-refractivity contribution is -0.00603. The molecule has 0 aromatic rings. The molecule has 12 heavy (non-hydrogen) atoms. The fraction of sp³-hybridized carbons (Fsp3) is 1.00. The molecule has 1 nitrogen and oxygen atoms in total. The summed E-state index contributed by atoms with van der Waals surface area (Å²) in [5.41, 5.74) is -0.446. The predicted molar refractivity (Wildman–Crippen MR) is 52.0 cm³/mol. The molecular weight excluding hydrogens is 148 g/mol. The van der Waals surface area contributed by atoms with Gasteiger partial charge in [0, 0.05) is 0 Å². The van der Waals surface area contributed by atoms with E-state index in [1.54, 1.807) is 0 Å². The van der Waals surface area contributed by atoms with Crippen molar-refractivity contribution in [3.63, 3.8) is 0 Å². The highest BCUT2D eigenvalue weighted by atomic mass is 16.3. The van der Waals surface area contributed by atoms with E-state index in [2.05, 4.69) is 6.92 Å². The van der Waals surface area contributed by atoms with Crippen LogP contribution in [-0.4, -0.2) is 10.7 Å². The smallest absolute Gasteiger partial charge is 0.0619 e. The van der Waals surface area contributed by atoms with Gasteiger partial charge in [0.15, 0.2) is 0 Å². The zero-order valence-corrected chi connectivity index (χ0v) is 8.64. The molecule has 0 spiro atoms. The van der Waals surface area contributed by atoms with Crippen molar-refractivity contribution in [1.29, 1.82) is 0 Å². The molecule has 0 aromatic carbocycles. The van der Waals surface area contributed by atoms with Gasteiger partial charge in [0.1, 0.15) is 0 Å². The van der Waals surface area contributed by atoms with E-state index in [1.165, 1.54) is 32.1 Å². The van der Waals surface area contributed by atoms with Gasteiger partial charge < -0.3 is 5.11 Å². The van der Waals surface area contributed by atoms with Crippen molar-refractivity contribution in [3.05, 3.63) is 0 Å². The summed E-state index contributed by atoms with van der Waals surface area (Å²) in [6.45, 7) is 6.17. The zero-order chi connectivity index (χ0) is 9.19. The standard InChI is InChI=1S/C11H22O/c1-4-9-5-7-10(8-6-9)11(2,3)12/h9-10,12H,4-8H2,1-3H3/t9-,10+. The summed E-state index contributed by atoms with van der Waals surface area (Å²) in [6, 6.07) is 0. The van der Waals surface area contributed by atoms with Crippen molar-refractivity contribution < 1.29 is 5.11 Å². The summed E-state index contributed by atoms with van der Waals surface area (Å²) in [4.78, 5) is 0. The molecule has 0 unspecified atom stereocenters. The van der Waals surface area contributed by atoms with Crippen LogP contribution < -0.4 is 0 Å². The van der Waals surface area contributed by atoms with Crippen molar-refractivity contribution in [3.8, 4) is 0 Å². The SMILES string of the molecule is CC[C@H]1CC[C@@H](C(C)(C)O)CC1. The molecule has 1 fully saturated rings. The van der Waals surface area contributed by atoms with Gasteiger partial charge in [-0.2, -0.15) is 0 Å². The van der Waals surface area contributed by atoms with Gasteiger partial charge in [0.2, 0.25) is 0 Å². The molecule has 0 aromatic heterocycles. The lowest BCUT2D eigenvalue weighted by Crippen LogP contribution is -2.33. The van der Waals surface area contributed by atoms with Crippen molar-refractivity contribution in [2.24, 2.45) is 11.8 Å². The van der Waals surface area contributed by atoms with Gasteiger partial charge in [-0.1, -0.05) is 26.2 Å². The number of hydrogen-bond acceptors (Lipinski definition) is 1. The molecule has 72 valence electrons. The first kappa shape index (κ1) is 10.0. The summed E-state index contributed by atoms with van der Waals surface area (Å²) in [7, 11) is 0. The quantitative estimate of drug-likeness (QED) is 0.675. The second-order valence-electron chi connectivity index (χ2n) is 4.78. The van der Waals surface area contributed by atoms with E-state index >= 15 is 0 Å². The molecule has 1 aliphatic carbocycles. The minimum atomic E-state index is -0.446. The fourth-order valence-electron chi connectivity index (χ4n) is 2.28. The Morgan fingerprint density at radius 3 is 2.00 bits per heavy atom. The molecule has 0 saturated heterocycles. The second kappa shape index (κ2) is 3.78. The Bertz CT molecular complexity index is 126. The second-order valence-corrected chi connectivity index (χ2v) is 4.78. The normalized spacial score (nSPS) is 32.0. The molecule has 1 N–H and O–H groups in total. The first-order chi connectivity index (χ1) is 5.54. The summed E-state index contributed by atoms with van der Waals surface area (Å²) in [5.74, 6) is 1.48. The maximum atomic E-state index is 9.80. The highest BCUT2D eigenvalue weighted by molar-refractivity contribution is 4.82. The number of aliphatic hydroxyl groups is 1. The molecule has 0 amide bonds.